The Morgan fingerprint density at radius 3 is 2.38 bits per heavy atom. The van der Waals surface area contributed by atoms with Crippen molar-refractivity contribution in [3.63, 3.8) is 0 Å². The molecule has 0 saturated carbocycles. The van der Waals surface area contributed by atoms with Gasteiger partial charge in [0.1, 0.15) is 5.60 Å². The van der Waals surface area contributed by atoms with Crippen molar-refractivity contribution in [2.45, 2.75) is 30.8 Å². The highest BCUT2D eigenvalue weighted by molar-refractivity contribution is 8.06. The molecule has 0 fully saturated rings. The van der Waals surface area contributed by atoms with Crippen LogP contribution < -0.4 is 0 Å². The molecule has 5 heteroatoms. The van der Waals surface area contributed by atoms with E-state index >= 15 is 0 Å². The average molecular weight is 239 g/mol. The quantitative estimate of drug-likeness (QED) is 0.753. The van der Waals surface area contributed by atoms with Crippen molar-refractivity contribution in [1.29, 1.82) is 0 Å². The van der Waals surface area contributed by atoms with Crippen LogP contribution in [0.4, 0.5) is 0 Å². The summed E-state index contributed by atoms with van der Waals surface area (Å²) in [5.74, 6) is 0. The number of hydrogen-bond donors (Lipinski definition) is 0. The summed E-state index contributed by atoms with van der Waals surface area (Å²) >= 11 is 0. The molecule has 16 heavy (non-hydrogen) atoms. The molecule has 1 heterocycles. The molecule has 0 spiro atoms. The van der Waals surface area contributed by atoms with Crippen LogP contribution >= 0.6 is 0 Å². The van der Waals surface area contributed by atoms with Crippen molar-refractivity contribution < 1.29 is 13.3 Å². The van der Waals surface area contributed by atoms with Crippen molar-refractivity contribution >= 4 is 14.9 Å². The predicted molar refractivity (Wildman–Crippen MR) is 60.8 cm³/mol. The van der Waals surface area contributed by atoms with Crippen LogP contribution in [0, 0.1) is 0 Å². The van der Waals surface area contributed by atoms with Gasteiger partial charge in [-0.2, -0.15) is 0 Å². The highest BCUT2D eigenvalue weighted by atomic mass is 32.2. The molecule has 0 saturated heterocycles. The molecule has 0 unspecified atom stereocenters. The van der Waals surface area contributed by atoms with E-state index in [4.69, 9.17) is 4.84 Å². The van der Waals surface area contributed by atoms with Gasteiger partial charge in [0.05, 0.1) is 4.90 Å². The largest absolute Gasteiger partial charge is 0.389 e. The second-order valence-corrected chi connectivity index (χ2v) is 6.28. The first-order valence-corrected chi connectivity index (χ1v) is 6.45. The third-order valence-corrected chi connectivity index (χ3v) is 4.07. The Kier molecular flexibility index (Phi) is 2.50. The Hall–Kier alpha value is -1.36. The number of hydrogen-bond acceptors (Lipinski definition) is 4. The van der Waals surface area contributed by atoms with Gasteiger partial charge in [0.2, 0.25) is 9.84 Å². The van der Waals surface area contributed by atoms with Gasteiger partial charge in [-0.3, -0.25) is 0 Å². The first kappa shape index (κ1) is 11.1. The van der Waals surface area contributed by atoms with Crippen molar-refractivity contribution in [3.8, 4) is 0 Å². The number of oxime groups is 1. The third kappa shape index (κ3) is 1.95. The van der Waals surface area contributed by atoms with Crippen LogP contribution in [0.1, 0.15) is 20.3 Å². The second-order valence-electron chi connectivity index (χ2n) is 4.33. The Morgan fingerprint density at radius 2 is 1.88 bits per heavy atom. The van der Waals surface area contributed by atoms with E-state index in [-0.39, 0.29) is 9.94 Å². The summed E-state index contributed by atoms with van der Waals surface area (Å²) in [7, 11) is -3.48. The number of sulfone groups is 1. The lowest BCUT2D eigenvalue weighted by Crippen LogP contribution is -2.22. The van der Waals surface area contributed by atoms with Crippen molar-refractivity contribution in [2.24, 2.45) is 5.16 Å². The fraction of sp³-hybridized carbons (Fsp3) is 0.364. The van der Waals surface area contributed by atoms with Crippen molar-refractivity contribution in [2.75, 3.05) is 0 Å². The normalized spacial score (nSPS) is 19.0. The van der Waals surface area contributed by atoms with E-state index < -0.39 is 15.4 Å². The van der Waals surface area contributed by atoms with Crippen LogP contribution in [0.3, 0.4) is 0 Å². The maximum absolute atomic E-state index is 12.1. The standard InChI is InChI=1S/C11H13NO3S/c1-11(2)8-10(12-15-11)16(13,14)9-6-4-3-5-7-9/h3-7H,8H2,1-2H3. The van der Waals surface area contributed by atoms with Gasteiger partial charge in [-0.15, -0.1) is 0 Å². The summed E-state index contributed by atoms with van der Waals surface area (Å²) in [4.78, 5) is 5.33. The fourth-order valence-electron chi connectivity index (χ4n) is 1.48. The summed E-state index contributed by atoms with van der Waals surface area (Å²) in [5.41, 5.74) is -0.531. The fourth-order valence-corrected chi connectivity index (χ4v) is 2.94. The van der Waals surface area contributed by atoms with E-state index in [1.807, 2.05) is 13.8 Å². The van der Waals surface area contributed by atoms with Gasteiger partial charge in [-0.05, 0) is 26.0 Å². The van der Waals surface area contributed by atoms with Gasteiger partial charge in [-0.25, -0.2) is 8.42 Å². The molecule has 0 radical (unpaired) electrons. The second kappa shape index (κ2) is 3.59. The molecule has 0 aliphatic carbocycles. The molecule has 86 valence electrons. The zero-order valence-corrected chi connectivity index (χ0v) is 9.99. The van der Waals surface area contributed by atoms with Crippen LogP contribution in [0.25, 0.3) is 0 Å². The van der Waals surface area contributed by atoms with E-state index in [1.165, 1.54) is 0 Å². The Balaban J connectivity index is 2.36. The van der Waals surface area contributed by atoms with E-state index in [2.05, 4.69) is 5.16 Å². The average Bonchev–Trinajstić information content (AvgIpc) is 2.61. The van der Waals surface area contributed by atoms with Gasteiger partial charge in [0.25, 0.3) is 0 Å². The predicted octanol–water partition coefficient (Wildman–Crippen LogP) is 1.97. The molecule has 0 bridgehead atoms. The number of rotatable bonds is 1. The molecule has 2 rings (SSSR count). The van der Waals surface area contributed by atoms with Crippen molar-refractivity contribution in [3.05, 3.63) is 30.3 Å². The van der Waals surface area contributed by atoms with Gasteiger partial charge >= 0.3 is 0 Å². The van der Waals surface area contributed by atoms with Gasteiger partial charge in [0, 0.05) is 6.42 Å². The summed E-state index contributed by atoms with van der Waals surface area (Å²) in [6.45, 7) is 3.62. The third-order valence-electron chi connectivity index (χ3n) is 2.34. The molecular formula is C11H13NO3S. The zero-order valence-electron chi connectivity index (χ0n) is 9.17. The maximum atomic E-state index is 12.1. The maximum Gasteiger partial charge on any atom is 0.223 e. The van der Waals surface area contributed by atoms with E-state index in [9.17, 15) is 8.42 Å². The van der Waals surface area contributed by atoms with Crippen LogP contribution in [-0.4, -0.2) is 19.1 Å². The molecule has 1 aliphatic heterocycles. The molecule has 0 N–H and O–H groups in total. The van der Waals surface area contributed by atoms with Crippen LogP contribution in [0.15, 0.2) is 40.4 Å². The van der Waals surface area contributed by atoms with Gasteiger partial charge < -0.3 is 4.84 Å². The summed E-state index contributed by atoms with van der Waals surface area (Å²) in [6.07, 6.45) is 0.310. The highest BCUT2D eigenvalue weighted by Crippen LogP contribution is 2.27. The lowest BCUT2D eigenvalue weighted by Gasteiger charge is -2.13. The van der Waals surface area contributed by atoms with Crippen LogP contribution in [0.2, 0.25) is 0 Å². The molecule has 0 atom stereocenters. The molecule has 0 aromatic heterocycles. The van der Waals surface area contributed by atoms with Crippen LogP contribution in [-0.2, 0) is 14.7 Å². The first-order valence-electron chi connectivity index (χ1n) is 4.97. The monoisotopic (exact) mass is 239 g/mol. The molecule has 1 aromatic rings. The topological polar surface area (TPSA) is 55.7 Å². The number of nitrogens with zero attached hydrogens (tertiary/aromatic N) is 1. The first-order chi connectivity index (χ1) is 7.42. The lowest BCUT2D eigenvalue weighted by atomic mass is 10.1. The Morgan fingerprint density at radius 1 is 1.25 bits per heavy atom. The van der Waals surface area contributed by atoms with E-state index in [0.717, 1.165) is 0 Å². The molecular weight excluding hydrogens is 226 g/mol. The van der Waals surface area contributed by atoms with Crippen LogP contribution in [0.5, 0.6) is 0 Å². The minimum atomic E-state index is -3.48. The Bertz CT molecular complexity index is 517. The number of benzene rings is 1. The molecule has 1 aromatic carbocycles. The SMILES string of the molecule is CC1(C)CC(S(=O)(=O)c2ccccc2)=NO1. The van der Waals surface area contributed by atoms with E-state index in [0.29, 0.717) is 6.42 Å². The van der Waals surface area contributed by atoms with Gasteiger partial charge in [0.15, 0.2) is 5.04 Å². The molecule has 0 amide bonds. The van der Waals surface area contributed by atoms with E-state index in [1.54, 1.807) is 30.3 Å². The van der Waals surface area contributed by atoms with Gasteiger partial charge in [-0.1, -0.05) is 23.4 Å². The van der Waals surface area contributed by atoms with Crippen molar-refractivity contribution in [1.82, 2.24) is 0 Å². The smallest absolute Gasteiger partial charge is 0.223 e. The Labute approximate surface area is 94.8 Å². The minimum absolute atomic E-state index is 0.101. The molecule has 1 aliphatic rings. The summed E-state index contributed by atoms with van der Waals surface area (Å²) in [5, 5.41) is 3.77. The lowest BCUT2D eigenvalue weighted by molar-refractivity contribution is 0.0123. The minimum Gasteiger partial charge on any atom is -0.389 e. The summed E-state index contributed by atoms with van der Waals surface area (Å²) in [6, 6.07) is 8.27. The highest BCUT2D eigenvalue weighted by Gasteiger charge is 2.36. The zero-order chi connectivity index (χ0) is 11.8. The molecule has 4 nitrogen and oxygen atoms in total. The summed E-state index contributed by atoms with van der Waals surface area (Å²) < 4.78 is 24.2.